The fourth-order valence-electron chi connectivity index (χ4n) is 5.55. The molecule has 0 aliphatic rings. The van der Waals surface area contributed by atoms with E-state index in [-0.39, 0.29) is 12.2 Å². The van der Waals surface area contributed by atoms with Crippen LogP contribution in [0.5, 0.6) is 5.75 Å². The van der Waals surface area contributed by atoms with Crippen LogP contribution in [0.15, 0.2) is 60.7 Å². The number of nitrogens with one attached hydrogen (secondary N) is 1. The third-order valence-corrected chi connectivity index (χ3v) is 8.48. The van der Waals surface area contributed by atoms with Crippen LogP contribution >= 0.6 is 0 Å². The van der Waals surface area contributed by atoms with E-state index in [1.165, 1.54) is 12.5 Å². The molecule has 0 bridgehead atoms. The van der Waals surface area contributed by atoms with Crippen molar-refractivity contribution in [2.45, 2.75) is 108 Å². The van der Waals surface area contributed by atoms with Gasteiger partial charge >= 0.3 is 17.9 Å². The summed E-state index contributed by atoms with van der Waals surface area (Å²) < 4.78 is 5.18. The normalized spacial score (nSPS) is 13.7. The number of methoxy groups -OCH3 is 1. The number of hydrogen-bond donors (Lipinski definition) is 5. The van der Waals surface area contributed by atoms with Gasteiger partial charge < -0.3 is 30.5 Å². The maximum Gasteiger partial charge on any atom is 0.337 e. The van der Waals surface area contributed by atoms with Gasteiger partial charge in [-0.25, -0.2) is 9.59 Å². The van der Waals surface area contributed by atoms with Crippen molar-refractivity contribution in [3.63, 3.8) is 0 Å². The maximum absolute atomic E-state index is 13.4. The Bertz CT molecular complexity index is 1390. The summed E-state index contributed by atoms with van der Waals surface area (Å²) in [7, 11) is 1.57. The van der Waals surface area contributed by atoms with Crippen LogP contribution in [0.1, 0.15) is 96.0 Å². The molecule has 2 aromatic rings. The highest BCUT2D eigenvalue weighted by Crippen LogP contribution is 2.26. The van der Waals surface area contributed by atoms with Crippen LogP contribution in [0.3, 0.4) is 0 Å². The number of benzene rings is 2. The largest absolute Gasteiger partial charge is 0.497 e. The summed E-state index contributed by atoms with van der Waals surface area (Å²) in [5.41, 5.74) is -0.666. The Morgan fingerprint density at radius 3 is 1.86 bits per heavy atom. The fraction of sp³-hybridized carbons (Fsp3) is 0.500. The number of aliphatic carboxylic acids is 3. The number of amides is 1. The fourth-order valence-corrected chi connectivity index (χ4v) is 5.55. The molecule has 1 amide bonds. The predicted octanol–water partition coefficient (Wildman–Crippen LogP) is 6.21. The average Bonchev–Trinajstić information content (AvgIpc) is 3.07. The van der Waals surface area contributed by atoms with Gasteiger partial charge in [0, 0.05) is 19.3 Å². The van der Waals surface area contributed by atoms with E-state index < -0.39 is 47.8 Å². The molecule has 0 fully saturated rings. The Kier molecular flexibility index (Phi) is 17.8. The third kappa shape index (κ3) is 14.2. The van der Waals surface area contributed by atoms with Gasteiger partial charge in [0.15, 0.2) is 5.60 Å². The van der Waals surface area contributed by atoms with E-state index in [2.05, 4.69) is 12.2 Å². The minimum absolute atomic E-state index is 0.147. The molecule has 49 heavy (non-hydrogen) atoms. The van der Waals surface area contributed by atoms with Crippen LogP contribution < -0.4 is 10.1 Å². The quantitative estimate of drug-likeness (QED) is 0.0596. The second-order valence-corrected chi connectivity index (χ2v) is 12.4. The van der Waals surface area contributed by atoms with Crippen LogP contribution in [0.2, 0.25) is 0 Å². The second kappa shape index (κ2) is 21.5. The van der Waals surface area contributed by atoms with Crippen molar-refractivity contribution < 1.29 is 49.1 Å². The Morgan fingerprint density at radius 1 is 0.796 bits per heavy atom. The van der Waals surface area contributed by atoms with Gasteiger partial charge in [0.2, 0.25) is 5.91 Å². The molecule has 0 heterocycles. The van der Waals surface area contributed by atoms with Gasteiger partial charge in [0.05, 0.1) is 19.4 Å². The summed E-state index contributed by atoms with van der Waals surface area (Å²) in [6, 6.07) is 12.9. The molecule has 268 valence electrons. The molecule has 5 N–H and O–H groups in total. The first-order chi connectivity index (χ1) is 23.4. The van der Waals surface area contributed by atoms with E-state index >= 15 is 0 Å². The molecule has 0 aliphatic carbocycles. The van der Waals surface area contributed by atoms with Crippen LogP contribution in [0.4, 0.5) is 0 Å². The summed E-state index contributed by atoms with van der Waals surface area (Å²) in [6.07, 6.45) is 11.3. The molecule has 2 rings (SSSR count). The molecule has 0 radical (unpaired) electrons. The molecule has 0 saturated carbocycles. The lowest BCUT2D eigenvalue weighted by Gasteiger charge is -2.29. The van der Waals surface area contributed by atoms with E-state index in [1.54, 1.807) is 31.4 Å². The summed E-state index contributed by atoms with van der Waals surface area (Å²) in [6.45, 7) is 2.15. The van der Waals surface area contributed by atoms with Gasteiger partial charge in [-0.05, 0) is 54.5 Å². The summed E-state index contributed by atoms with van der Waals surface area (Å²) in [5, 5.41) is 42.3. The van der Waals surface area contributed by atoms with E-state index in [1.807, 2.05) is 24.3 Å². The lowest BCUT2D eigenvalue weighted by molar-refractivity contribution is -0.172. The monoisotopic (exact) mass is 681 g/mol. The number of ketones is 1. The lowest BCUT2D eigenvalue weighted by Crippen LogP contribution is -2.55. The molecule has 3 atom stereocenters. The first kappa shape index (κ1) is 40.7. The SMILES string of the molecule is CCCCCCCC(=O)CCCCCCC=C[C@H](C(=O)N[C@@H](Cc1ccc(-c2ccc(OC)cc2)cc1)C(=O)O)[C@@](O)(CC(=O)O)C(=O)O. The average molecular weight is 682 g/mol. The third-order valence-electron chi connectivity index (χ3n) is 8.48. The molecule has 11 heteroatoms. The van der Waals surface area contributed by atoms with Gasteiger partial charge in [0.1, 0.15) is 17.6 Å². The zero-order valence-electron chi connectivity index (χ0n) is 28.6. The molecular weight excluding hydrogens is 630 g/mol. The maximum atomic E-state index is 13.4. The molecule has 0 spiro atoms. The van der Waals surface area contributed by atoms with E-state index in [0.29, 0.717) is 37.0 Å². The Labute approximate surface area is 288 Å². The highest BCUT2D eigenvalue weighted by atomic mass is 16.5. The number of carbonyl (C=O) groups excluding carboxylic acids is 2. The first-order valence-electron chi connectivity index (χ1n) is 17.0. The minimum Gasteiger partial charge on any atom is -0.497 e. The molecule has 0 unspecified atom stereocenters. The number of carbonyl (C=O) groups is 5. The molecule has 0 aromatic heterocycles. The van der Waals surface area contributed by atoms with Crippen molar-refractivity contribution in [1.29, 1.82) is 0 Å². The predicted molar refractivity (Wildman–Crippen MR) is 185 cm³/mol. The van der Waals surface area contributed by atoms with Crippen molar-refractivity contribution in [2.24, 2.45) is 5.92 Å². The summed E-state index contributed by atoms with van der Waals surface area (Å²) in [4.78, 5) is 61.2. The molecule has 2 aromatic carbocycles. The van der Waals surface area contributed by atoms with Crippen LogP contribution in [0.25, 0.3) is 11.1 Å². The van der Waals surface area contributed by atoms with Crippen molar-refractivity contribution in [3.05, 3.63) is 66.2 Å². The zero-order valence-corrected chi connectivity index (χ0v) is 28.6. The van der Waals surface area contributed by atoms with Crippen molar-refractivity contribution in [3.8, 4) is 16.9 Å². The Hall–Kier alpha value is -4.51. The number of unbranched alkanes of at least 4 members (excludes halogenated alkanes) is 8. The number of carboxylic acids is 3. The van der Waals surface area contributed by atoms with E-state index in [0.717, 1.165) is 62.1 Å². The van der Waals surface area contributed by atoms with Gasteiger partial charge in [-0.3, -0.25) is 14.4 Å². The Balaban J connectivity index is 2.03. The molecule has 0 saturated heterocycles. The van der Waals surface area contributed by atoms with Crippen LogP contribution in [-0.2, 0) is 30.4 Å². The smallest absolute Gasteiger partial charge is 0.337 e. The number of carboxylic acid groups (broad SMARTS) is 3. The number of ether oxygens (including phenoxy) is 1. The molecular formula is C38H51NO10. The van der Waals surface area contributed by atoms with Crippen LogP contribution in [-0.4, -0.2) is 68.8 Å². The summed E-state index contributed by atoms with van der Waals surface area (Å²) in [5.74, 6) is -6.98. The molecule has 0 aliphatic heterocycles. The van der Waals surface area contributed by atoms with Gasteiger partial charge in [-0.2, -0.15) is 0 Å². The van der Waals surface area contributed by atoms with Gasteiger partial charge in [-0.1, -0.05) is 94.0 Å². The first-order valence-corrected chi connectivity index (χ1v) is 17.0. The number of allylic oxidation sites excluding steroid dienone is 1. The van der Waals surface area contributed by atoms with Gasteiger partial charge in [0.25, 0.3) is 0 Å². The van der Waals surface area contributed by atoms with Crippen molar-refractivity contribution >= 4 is 29.6 Å². The number of aliphatic hydroxyl groups is 1. The minimum atomic E-state index is -3.02. The highest BCUT2D eigenvalue weighted by molar-refractivity contribution is 5.94. The topological polar surface area (TPSA) is 188 Å². The number of Topliss-reactive ketones (excluding diaryl/α,β-unsaturated/α-hetero) is 1. The second-order valence-electron chi connectivity index (χ2n) is 12.4. The van der Waals surface area contributed by atoms with E-state index in [9.17, 15) is 44.4 Å². The summed E-state index contributed by atoms with van der Waals surface area (Å²) >= 11 is 0. The van der Waals surface area contributed by atoms with Gasteiger partial charge in [-0.15, -0.1) is 0 Å². The number of hydrogen-bond acceptors (Lipinski definition) is 7. The van der Waals surface area contributed by atoms with Crippen LogP contribution in [0, 0.1) is 5.92 Å². The lowest BCUT2D eigenvalue weighted by atomic mass is 9.82. The zero-order chi connectivity index (χ0) is 36.2. The number of rotatable bonds is 25. The van der Waals surface area contributed by atoms with Crippen molar-refractivity contribution in [1.82, 2.24) is 5.32 Å². The molecule has 11 nitrogen and oxygen atoms in total. The standard InChI is InChI=1S/C38H51NO10/c1-3-4-5-8-11-14-30(40)15-12-9-6-7-10-13-16-32(38(48,37(46)47)26-34(41)42)35(43)39-33(36(44)45)25-27-17-19-28(20-18-27)29-21-23-31(49-2)24-22-29/h13,16-24,32-33,48H,3-12,14-15,25-26H2,1-2H3,(H,39,43)(H,41,42)(H,44,45)(H,46,47)/t32-,33+,38+/m1/s1. The highest BCUT2D eigenvalue weighted by Gasteiger charge is 2.49. The van der Waals surface area contributed by atoms with Crippen molar-refractivity contribution in [2.75, 3.05) is 7.11 Å². The Morgan fingerprint density at radius 2 is 1.35 bits per heavy atom. The van der Waals surface area contributed by atoms with E-state index in [4.69, 9.17) is 4.74 Å².